The summed E-state index contributed by atoms with van der Waals surface area (Å²) in [6.07, 6.45) is 1.38. The second kappa shape index (κ2) is 6.28. The van der Waals surface area contributed by atoms with E-state index < -0.39 is 11.9 Å². The number of aryl methyl sites for hydroxylation is 1. The fourth-order valence-electron chi connectivity index (χ4n) is 1.66. The molecule has 0 amide bonds. The molecule has 1 atom stereocenters. The van der Waals surface area contributed by atoms with Crippen molar-refractivity contribution < 1.29 is 14.6 Å². The first-order valence-electron chi connectivity index (χ1n) is 5.43. The van der Waals surface area contributed by atoms with Gasteiger partial charge < -0.3 is 9.84 Å². The maximum absolute atomic E-state index is 11.1. The molecule has 0 bridgehead atoms. The molecule has 0 aromatic heterocycles. The molecule has 0 fully saturated rings. The third-order valence-electron chi connectivity index (χ3n) is 2.62. The standard InChI is InChI=1S/C13H18O3/c1-10-5-7-11(8-6-10)12(13(14)15)4-3-9-16-2/h5-8,12H,3-4,9H2,1-2H3,(H,14,15). The van der Waals surface area contributed by atoms with Gasteiger partial charge in [0.25, 0.3) is 0 Å². The summed E-state index contributed by atoms with van der Waals surface area (Å²) in [6, 6.07) is 7.67. The van der Waals surface area contributed by atoms with Gasteiger partial charge in [0.15, 0.2) is 0 Å². The first-order chi connectivity index (χ1) is 7.65. The normalized spacial score (nSPS) is 12.4. The Morgan fingerprint density at radius 3 is 2.50 bits per heavy atom. The largest absolute Gasteiger partial charge is 0.481 e. The minimum Gasteiger partial charge on any atom is -0.481 e. The molecule has 1 unspecified atom stereocenters. The van der Waals surface area contributed by atoms with Gasteiger partial charge in [0.05, 0.1) is 5.92 Å². The quantitative estimate of drug-likeness (QED) is 0.752. The van der Waals surface area contributed by atoms with E-state index in [0.29, 0.717) is 13.0 Å². The molecule has 0 radical (unpaired) electrons. The molecule has 1 N–H and O–H groups in total. The Labute approximate surface area is 96.1 Å². The number of benzene rings is 1. The number of aliphatic carboxylic acids is 1. The second-order valence-electron chi connectivity index (χ2n) is 3.94. The molecule has 1 aromatic carbocycles. The maximum atomic E-state index is 11.1. The highest BCUT2D eigenvalue weighted by molar-refractivity contribution is 5.76. The molecule has 0 aliphatic heterocycles. The maximum Gasteiger partial charge on any atom is 0.310 e. The van der Waals surface area contributed by atoms with Crippen molar-refractivity contribution in [2.75, 3.05) is 13.7 Å². The van der Waals surface area contributed by atoms with E-state index >= 15 is 0 Å². The summed E-state index contributed by atoms with van der Waals surface area (Å²) in [4.78, 5) is 11.1. The van der Waals surface area contributed by atoms with E-state index in [1.54, 1.807) is 7.11 Å². The first kappa shape index (κ1) is 12.7. The zero-order valence-corrected chi connectivity index (χ0v) is 9.77. The number of hydrogen-bond acceptors (Lipinski definition) is 2. The lowest BCUT2D eigenvalue weighted by Crippen LogP contribution is -2.12. The van der Waals surface area contributed by atoms with Crippen molar-refractivity contribution in [1.82, 2.24) is 0 Å². The van der Waals surface area contributed by atoms with Crippen LogP contribution in [0.1, 0.15) is 29.9 Å². The predicted molar refractivity (Wildman–Crippen MR) is 62.7 cm³/mol. The van der Waals surface area contributed by atoms with E-state index in [4.69, 9.17) is 9.84 Å². The lowest BCUT2D eigenvalue weighted by atomic mass is 9.94. The van der Waals surface area contributed by atoms with Gasteiger partial charge in [0.1, 0.15) is 0 Å². The number of rotatable bonds is 6. The SMILES string of the molecule is COCCCC(C(=O)O)c1ccc(C)cc1. The molecule has 0 aliphatic carbocycles. The number of methoxy groups -OCH3 is 1. The van der Waals surface area contributed by atoms with Crippen molar-refractivity contribution in [2.45, 2.75) is 25.7 Å². The average molecular weight is 222 g/mol. The smallest absolute Gasteiger partial charge is 0.310 e. The van der Waals surface area contributed by atoms with Crippen molar-refractivity contribution in [3.05, 3.63) is 35.4 Å². The Balaban J connectivity index is 2.69. The highest BCUT2D eigenvalue weighted by Gasteiger charge is 2.18. The minimum absolute atomic E-state index is 0.421. The first-order valence-corrected chi connectivity index (χ1v) is 5.43. The molecule has 16 heavy (non-hydrogen) atoms. The topological polar surface area (TPSA) is 46.5 Å². The van der Waals surface area contributed by atoms with Crippen LogP contribution in [0.5, 0.6) is 0 Å². The summed E-state index contributed by atoms with van der Waals surface area (Å²) in [5.41, 5.74) is 2.01. The van der Waals surface area contributed by atoms with Crippen LogP contribution in [0.25, 0.3) is 0 Å². The van der Waals surface area contributed by atoms with E-state index in [9.17, 15) is 4.79 Å². The zero-order valence-electron chi connectivity index (χ0n) is 9.77. The highest BCUT2D eigenvalue weighted by Crippen LogP contribution is 2.22. The molecule has 1 rings (SSSR count). The molecule has 1 aromatic rings. The van der Waals surface area contributed by atoms with Crippen molar-refractivity contribution in [3.8, 4) is 0 Å². The number of carbonyl (C=O) groups is 1. The van der Waals surface area contributed by atoms with Crippen LogP contribution >= 0.6 is 0 Å². The summed E-state index contributed by atoms with van der Waals surface area (Å²) in [5.74, 6) is -1.18. The lowest BCUT2D eigenvalue weighted by molar-refractivity contribution is -0.139. The van der Waals surface area contributed by atoms with Crippen LogP contribution < -0.4 is 0 Å². The van der Waals surface area contributed by atoms with Crippen molar-refractivity contribution in [2.24, 2.45) is 0 Å². The van der Waals surface area contributed by atoms with Crippen molar-refractivity contribution in [1.29, 1.82) is 0 Å². The van der Waals surface area contributed by atoms with Gasteiger partial charge in [-0.05, 0) is 25.3 Å². The lowest BCUT2D eigenvalue weighted by Gasteiger charge is -2.12. The van der Waals surface area contributed by atoms with Gasteiger partial charge in [-0.25, -0.2) is 0 Å². The van der Waals surface area contributed by atoms with Crippen LogP contribution in [0, 0.1) is 6.92 Å². The number of carboxylic acids is 1. The summed E-state index contributed by atoms with van der Waals surface area (Å²) >= 11 is 0. The fourth-order valence-corrected chi connectivity index (χ4v) is 1.66. The number of hydrogen-bond donors (Lipinski definition) is 1. The van der Waals surface area contributed by atoms with Crippen molar-refractivity contribution >= 4 is 5.97 Å². The molecular weight excluding hydrogens is 204 g/mol. The Hall–Kier alpha value is -1.35. The fraction of sp³-hybridized carbons (Fsp3) is 0.462. The summed E-state index contributed by atoms with van der Waals surface area (Å²) in [7, 11) is 1.63. The molecule has 0 spiro atoms. The second-order valence-corrected chi connectivity index (χ2v) is 3.94. The average Bonchev–Trinajstić information content (AvgIpc) is 2.26. The molecule has 0 heterocycles. The van der Waals surface area contributed by atoms with Crippen LogP contribution in [0.15, 0.2) is 24.3 Å². The summed E-state index contributed by atoms with van der Waals surface area (Å²) in [6.45, 7) is 2.60. The Morgan fingerprint density at radius 2 is 2.00 bits per heavy atom. The van der Waals surface area contributed by atoms with Gasteiger partial charge in [0.2, 0.25) is 0 Å². The van der Waals surface area contributed by atoms with Gasteiger partial charge in [-0.1, -0.05) is 29.8 Å². The molecule has 0 saturated heterocycles. The Kier molecular flexibility index (Phi) is 4.99. The van der Waals surface area contributed by atoms with Crippen LogP contribution in [0.4, 0.5) is 0 Å². The summed E-state index contributed by atoms with van der Waals surface area (Å²) in [5, 5.41) is 9.15. The van der Waals surface area contributed by atoms with Gasteiger partial charge in [-0.2, -0.15) is 0 Å². The molecule has 3 heteroatoms. The van der Waals surface area contributed by atoms with E-state index in [1.165, 1.54) is 0 Å². The third-order valence-corrected chi connectivity index (χ3v) is 2.62. The van der Waals surface area contributed by atoms with Crippen LogP contribution in [0.2, 0.25) is 0 Å². The number of carboxylic acid groups (broad SMARTS) is 1. The van der Waals surface area contributed by atoms with Gasteiger partial charge in [0, 0.05) is 13.7 Å². The highest BCUT2D eigenvalue weighted by atomic mass is 16.5. The Morgan fingerprint density at radius 1 is 1.38 bits per heavy atom. The van der Waals surface area contributed by atoms with Crippen LogP contribution in [0.3, 0.4) is 0 Å². The van der Waals surface area contributed by atoms with E-state index in [-0.39, 0.29) is 0 Å². The van der Waals surface area contributed by atoms with Gasteiger partial charge >= 0.3 is 5.97 Å². The third kappa shape index (κ3) is 3.66. The van der Waals surface area contributed by atoms with Crippen LogP contribution in [-0.2, 0) is 9.53 Å². The summed E-state index contributed by atoms with van der Waals surface area (Å²) < 4.78 is 4.93. The predicted octanol–water partition coefficient (Wildman–Crippen LogP) is 2.59. The Bertz CT molecular complexity index is 330. The molecule has 0 saturated carbocycles. The van der Waals surface area contributed by atoms with Crippen LogP contribution in [-0.4, -0.2) is 24.8 Å². The van der Waals surface area contributed by atoms with Gasteiger partial charge in [-0.3, -0.25) is 4.79 Å². The molecule has 3 nitrogen and oxygen atoms in total. The van der Waals surface area contributed by atoms with E-state index in [0.717, 1.165) is 17.5 Å². The van der Waals surface area contributed by atoms with Gasteiger partial charge in [-0.15, -0.1) is 0 Å². The zero-order chi connectivity index (χ0) is 12.0. The monoisotopic (exact) mass is 222 g/mol. The minimum atomic E-state index is -0.764. The van der Waals surface area contributed by atoms with E-state index in [1.807, 2.05) is 31.2 Å². The van der Waals surface area contributed by atoms with Crippen molar-refractivity contribution in [3.63, 3.8) is 0 Å². The molecular formula is C13H18O3. The van der Waals surface area contributed by atoms with E-state index in [2.05, 4.69) is 0 Å². The number of ether oxygens (including phenoxy) is 1. The molecule has 0 aliphatic rings. The molecule has 88 valence electrons.